The Kier molecular flexibility index (Phi) is 8.15. The molecule has 0 spiro atoms. The largest absolute Gasteiger partial charge is 0.588 e. The molecule has 42 heavy (non-hydrogen) atoms. The van der Waals surface area contributed by atoms with Gasteiger partial charge in [0.25, 0.3) is 5.95 Å². The van der Waals surface area contributed by atoms with Crippen molar-refractivity contribution in [2.24, 2.45) is 17.3 Å². The smallest absolute Gasteiger partial charge is 0.394 e. The summed E-state index contributed by atoms with van der Waals surface area (Å²) in [5.41, 5.74) is 3.40. The number of piperidine rings is 1. The van der Waals surface area contributed by atoms with Gasteiger partial charge in [0.2, 0.25) is 5.88 Å². The van der Waals surface area contributed by atoms with Gasteiger partial charge in [-0.2, -0.15) is 22.9 Å². The average Bonchev–Trinajstić information content (AvgIpc) is 3.76. The second-order valence-electron chi connectivity index (χ2n) is 12.2. The fraction of sp³-hybridized carbons (Fsp3) is 0.500. The van der Waals surface area contributed by atoms with E-state index in [1.807, 2.05) is 56.3 Å². The highest BCUT2D eigenvalue weighted by Crippen LogP contribution is 2.60. The van der Waals surface area contributed by atoms with E-state index in [1.165, 1.54) is 0 Å². The molecule has 1 aromatic heterocycles. The SMILES string of the molecule is Cc1cccc(C)c1-c1cc2nc(n1)N[S+]([O-])c1cccc(c1)CCC1CCN(CCC3(C(F)(F)F)CC3)C[C@@H]1CO2. The Labute approximate surface area is 248 Å². The molecule has 6 nitrogen and oxygen atoms in total. The van der Waals surface area contributed by atoms with E-state index < -0.39 is 23.0 Å². The minimum absolute atomic E-state index is 0.148. The number of aryl methyl sites for hydroxylation is 3. The Bertz CT molecular complexity index is 1410. The van der Waals surface area contributed by atoms with E-state index in [0.29, 0.717) is 42.1 Å². The average molecular weight is 599 g/mol. The van der Waals surface area contributed by atoms with Crippen molar-refractivity contribution in [1.29, 1.82) is 0 Å². The van der Waals surface area contributed by atoms with Crippen LogP contribution in [0.2, 0.25) is 0 Å². The van der Waals surface area contributed by atoms with Crippen molar-refractivity contribution < 1.29 is 22.5 Å². The first-order valence-corrected chi connectivity index (χ1v) is 15.9. The molecule has 3 aliphatic rings. The number of rotatable bonds is 4. The molecule has 4 bridgehead atoms. The highest BCUT2D eigenvalue weighted by atomic mass is 32.2. The summed E-state index contributed by atoms with van der Waals surface area (Å²) in [4.78, 5) is 12.2. The Hall–Kier alpha value is -2.82. The predicted molar refractivity (Wildman–Crippen MR) is 158 cm³/mol. The molecule has 1 saturated carbocycles. The fourth-order valence-corrected chi connectivity index (χ4v) is 7.36. The summed E-state index contributed by atoms with van der Waals surface area (Å²) < 4.78 is 63.4. The minimum Gasteiger partial charge on any atom is -0.588 e. The van der Waals surface area contributed by atoms with Gasteiger partial charge in [0.1, 0.15) is 11.4 Å². The van der Waals surface area contributed by atoms with Crippen LogP contribution < -0.4 is 9.46 Å². The zero-order chi connectivity index (χ0) is 29.5. The lowest BCUT2D eigenvalue weighted by Crippen LogP contribution is -2.44. The summed E-state index contributed by atoms with van der Waals surface area (Å²) in [5.74, 6) is 1.11. The van der Waals surface area contributed by atoms with E-state index in [-0.39, 0.29) is 31.1 Å². The standard InChI is InChI=1S/C32H37F3N4O2S/c1-21-5-3-6-22(2)29(21)27-18-28-37-30(36-27)38-42(40)26-8-4-7-23(17-26)9-10-24-11-15-39(19-25(24)20-41-28)16-14-31(12-13-31)32(33,34)35/h3-8,17-18,24-25H,9-16,19-20H2,1-2H3,(H,36,37,38)/t24?,25-,42?/m1/s1. The first-order valence-electron chi connectivity index (χ1n) is 14.8. The lowest BCUT2D eigenvalue weighted by molar-refractivity contribution is -0.190. The Morgan fingerprint density at radius 2 is 1.81 bits per heavy atom. The Balaban J connectivity index is 1.29. The summed E-state index contributed by atoms with van der Waals surface area (Å²) in [5, 5.41) is 0. The predicted octanol–water partition coefficient (Wildman–Crippen LogP) is 6.89. The Morgan fingerprint density at radius 1 is 1.05 bits per heavy atom. The molecule has 0 amide bonds. The molecular weight excluding hydrogens is 561 g/mol. The molecule has 224 valence electrons. The second kappa shape index (κ2) is 11.7. The number of alkyl halides is 3. The molecule has 3 atom stereocenters. The van der Waals surface area contributed by atoms with Gasteiger partial charge in [-0.15, -0.1) is 0 Å². The van der Waals surface area contributed by atoms with Crippen molar-refractivity contribution in [3.63, 3.8) is 0 Å². The molecule has 10 heteroatoms. The number of likely N-dealkylation sites (tertiary alicyclic amines) is 1. The number of ether oxygens (including phenoxy) is 1. The molecule has 1 N–H and O–H groups in total. The Morgan fingerprint density at radius 3 is 2.55 bits per heavy atom. The fourth-order valence-electron chi connectivity index (χ4n) is 6.52. The van der Waals surface area contributed by atoms with Gasteiger partial charge >= 0.3 is 6.18 Å². The first kappa shape index (κ1) is 29.3. The molecule has 3 aromatic rings. The molecule has 0 radical (unpaired) electrons. The molecule has 3 heterocycles. The summed E-state index contributed by atoms with van der Waals surface area (Å²) in [6.07, 6.45) is -0.792. The normalized spacial score (nSPS) is 24.1. The van der Waals surface area contributed by atoms with Crippen molar-refractivity contribution in [3.8, 4) is 17.1 Å². The zero-order valence-electron chi connectivity index (χ0n) is 24.0. The van der Waals surface area contributed by atoms with E-state index in [1.54, 1.807) is 0 Å². The number of nitrogens with one attached hydrogen (secondary N) is 1. The summed E-state index contributed by atoms with van der Waals surface area (Å²) in [6, 6.07) is 15.7. The topological polar surface area (TPSA) is 73.3 Å². The maximum absolute atomic E-state index is 13.6. The number of halogens is 3. The number of hydrogen-bond acceptors (Lipinski definition) is 6. The van der Waals surface area contributed by atoms with Gasteiger partial charge in [0, 0.05) is 24.1 Å². The van der Waals surface area contributed by atoms with E-state index in [4.69, 9.17) is 9.72 Å². The van der Waals surface area contributed by atoms with Crippen LogP contribution in [0.4, 0.5) is 19.1 Å². The molecule has 2 aromatic carbocycles. The van der Waals surface area contributed by atoms with Crippen LogP contribution >= 0.6 is 0 Å². The molecule has 1 aliphatic carbocycles. The first-order chi connectivity index (χ1) is 20.1. The third-order valence-electron chi connectivity index (χ3n) is 9.32. The highest BCUT2D eigenvalue weighted by Gasteiger charge is 2.62. The number of hydrogen-bond donors (Lipinski definition) is 1. The summed E-state index contributed by atoms with van der Waals surface area (Å²) in [7, 11) is 0. The molecule has 1 saturated heterocycles. The third-order valence-corrected chi connectivity index (χ3v) is 10.4. The molecule has 2 fully saturated rings. The highest BCUT2D eigenvalue weighted by molar-refractivity contribution is 7.92. The van der Waals surface area contributed by atoms with Crippen LogP contribution in [-0.4, -0.2) is 51.8 Å². The second-order valence-corrected chi connectivity index (χ2v) is 13.4. The van der Waals surface area contributed by atoms with Crippen LogP contribution in [0, 0.1) is 31.1 Å². The number of nitrogens with zero attached hydrogens (tertiary/aromatic N) is 3. The number of aromatic nitrogens is 2. The minimum atomic E-state index is -4.12. The van der Waals surface area contributed by atoms with Crippen LogP contribution in [0.1, 0.15) is 48.8 Å². The van der Waals surface area contributed by atoms with Gasteiger partial charge in [-0.3, -0.25) is 0 Å². The lowest BCUT2D eigenvalue weighted by Gasteiger charge is -2.39. The van der Waals surface area contributed by atoms with E-state index in [2.05, 4.69) is 20.7 Å². The number of anilines is 1. The van der Waals surface area contributed by atoms with Crippen molar-refractivity contribution in [2.45, 2.75) is 63.4 Å². The summed E-state index contributed by atoms with van der Waals surface area (Å²) >= 11 is -1.56. The quantitative estimate of drug-likeness (QED) is 0.330. The van der Waals surface area contributed by atoms with Gasteiger partial charge in [-0.25, -0.2) is 4.98 Å². The lowest BCUT2D eigenvalue weighted by atomic mass is 9.81. The molecular formula is C32H37F3N4O2S. The van der Waals surface area contributed by atoms with E-state index in [9.17, 15) is 17.7 Å². The molecule has 2 aliphatic heterocycles. The van der Waals surface area contributed by atoms with E-state index >= 15 is 0 Å². The van der Waals surface area contributed by atoms with Gasteiger partial charge in [-0.05, 0) is 100 Å². The van der Waals surface area contributed by atoms with Crippen molar-refractivity contribution in [2.75, 3.05) is 31.0 Å². The van der Waals surface area contributed by atoms with E-state index in [0.717, 1.165) is 48.1 Å². The van der Waals surface area contributed by atoms with Gasteiger partial charge < -0.3 is 14.2 Å². The van der Waals surface area contributed by atoms with Gasteiger partial charge in [-0.1, -0.05) is 30.3 Å². The van der Waals surface area contributed by atoms with Crippen molar-refractivity contribution in [3.05, 3.63) is 65.2 Å². The van der Waals surface area contributed by atoms with Crippen molar-refractivity contribution in [1.82, 2.24) is 14.9 Å². The number of fused-ring (bicyclic) bond motifs is 5. The zero-order valence-corrected chi connectivity index (χ0v) is 24.9. The van der Waals surface area contributed by atoms with Crippen LogP contribution in [0.5, 0.6) is 5.88 Å². The van der Waals surface area contributed by atoms with Crippen LogP contribution in [0.3, 0.4) is 0 Å². The molecule has 2 unspecified atom stereocenters. The van der Waals surface area contributed by atoms with Crippen LogP contribution in [0.25, 0.3) is 11.3 Å². The summed E-state index contributed by atoms with van der Waals surface area (Å²) in [6.45, 7) is 6.39. The maximum atomic E-state index is 13.6. The molecule has 6 rings (SSSR count). The third kappa shape index (κ3) is 6.26. The van der Waals surface area contributed by atoms with Crippen LogP contribution in [-0.2, 0) is 17.8 Å². The van der Waals surface area contributed by atoms with Gasteiger partial charge in [0.15, 0.2) is 4.90 Å². The van der Waals surface area contributed by atoms with Gasteiger partial charge in [0.05, 0.1) is 17.7 Å². The van der Waals surface area contributed by atoms with Crippen LogP contribution in [0.15, 0.2) is 53.4 Å². The maximum Gasteiger partial charge on any atom is 0.394 e. The monoisotopic (exact) mass is 598 g/mol. The number of benzene rings is 2. The van der Waals surface area contributed by atoms with Crippen molar-refractivity contribution >= 4 is 17.3 Å².